The van der Waals surface area contributed by atoms with E-state index in [1.54, 1.807) is 25.4 Å². The standard InChI is InChI=1S/C23H23N7O2/c1-13-27-18-10-20(21(31)11-19(18)28-13)29-22-6-8-25-23(30-22)24-7-5-14-12-26-17-4-3-15(32-2)9-16(14)17/h3-4,6,8-12,26,31H,5,7H2,1-2H3,(H,27,28)(H2,24,25,29,30). The quantitative estimate of drug-likeness (QED) is 0.245. The number of imidazole rings is 1. The maximum absolute atomic E-state index is 10.3. The van der Waals surface area contributed by atoms with E-state index in [1.165, 1.54) is 5.56 Å². The number of hydrogen-bond acceptors (Lipinski definition) is 7. The Bertz CT molecular complexity index is 1410. The van der Waals surface area contributed by atoms with Crippen LogP contribution in [-0.4, -0.2) is 43.7 Å². The van der Waals surface area contributed by atoms with Gasteiger partial charge in [0.1, 0.15) is 23.1 Å². The molecule has 0 aliphatic heterocycles. The summed E-state index contributed by atoms with van der Waals surface area (Å²) >= 11 is 0. The van der Waals surface area contributed by atoms with Gasteiger partial charge < -0.3 is 30.4 Å². The number of phenolic OH excluding ortho intramolecular Hbond substituents is 1. The van der Waals surface area contributed by atoms with Gasteiger partial charge in [0, 0.05) is 35.9 Å². The van der Waals surface area contributed by atoms with E-state index in [-0.39, 0.29) is 5.75 Å². The Morgan fingerprint density at radius 1 is 1.09 bits per heavy atom. The summed E-state index contributed by atoms with van der Waals surface area (Å²) in [6, 6.07) is 11.2. The maximum Gasteiger partial charge on any atom is 0.224 e. The first-order valence-corrected chi connectivity index (χ1v) is 10.3. The van der Waals surface area contributed by atoms with Gasteiger partial charge in [-0.05, 0) is 49.2 Å². The lowest BCUT2D eigenvalue weighted by atomic mass is 10.1. The predicted octanol–water partition coefficient (Wildman–Crippen LogP) is 4.26. The highest BCUT2D eigenvalue weighted by molar-refractivity contribution is 5.85. The number of aryl methyl sites for hydroxylation is 1. The second-order valence-corrected chi connectivity index (χ2v) is 7.50. The fourth-order valence-corrected chi connectivity index (χ4v) is 3.73. The third-order valence-corrected chi connectivity index (χ3v) is 5.29. The molecule has 32 heavy (non-hydrogen) atoms. The van der Waals surface area contributed by atoms with Crippen LogP contribution in [0.5, 0.6) is 11.5 Å². The predicted molar refractivity (Wildman–Crippen MR) is 125 cm³/mol. The molecule has 0 saturated carbocycles. The van der Waals surface area contributed by atoms with E-state index in [0.29, 0.717) is 29.5 Å². The topological polar surface area (TPSA) is 124 Å². The van der Waals surface area contributed by atoms with Gasteiger partial charge in [-0.15, -0.1) is 0 Å². The average Bonchev–Trinajstić information content (AvgIpc) is 3.36. The fourth-order valence-electron chi connectivity index (χ4n) is 3.73. The Morgan fingerprint density at radius 3 is 2.88 bits per heavy atom. The van der Waals surface area contributed by atoms with E-state index < -0.39 is 0 Å². The van der Waals surface area contributed by atoms with Gasteiger partial charge in [0.2, 0.25) is 5.95 Å². The SMILES string of the molecule is COc1ccc2[nH]cc(CCNc3nccc(Nc4cc5[nH]c(C)nc5cc4O)n3)c2c1. The number of phenols is 1. The summed E-state index contributed by atoms with van der Waals surface area (Å²) in [7, 11) is 1.67. The second-order valence-electron chi connectivity index (χ2n) is 7.50. The summed E-state index contributed by atoms with van der Waals surface area (Å²) in [5.41, 5.74) is 4.36. The molecule has 0 atom stereocenters. The average molecular weight is 429 g/mol. The molecule has 162 valence electrons. The van der Waals surface area contributed by atoms with E-state index >= 15 is 0 Å². The van der Waals surface area contributed by atoms with E-state index in [2.05, 4.69) is 35.6 Å². The Balaban J connectivity index is 1.27. The second kappa shape index (κ2) is 8.10. The van der Waals surface area contributed by atoms with Crippen molar-refractivity contribution in [3.05, 3.63) is 60.2 Å². The summed E-state index contributed by atoms with van der Waals surface area (Å²) in [6.45, 7) is 2.54. The number of nitrogens with zero attached hydrogens (tertiary/aromatic N) is 3. The zero-order valence-electron chi connectivity index (χ0n) is 17.7. The number of H-pyrrole nitrogens is 2. The third-order valence-electron chi connectivity index (χ3n) is 5.29. The van der Waals surface area contributed by atoms with Crippen molar-refractivity contribution in [1.29, 1.82) is 0 Å². The molecule has 0 spiro atoms. The van der Waals surface area contributed by atoms with Gasteiger partial charge in [0.05, 0.1) is 23.8 Å². The van der Waals surface area contributed by atoms with Gasteiger partial charge in [0.15, 0.2) is 0 Å². The van der Waals surface area contributed by atoms with E-state index in [0.717, 1.165) is 34.4 Å². The molecule has 0 unspecified atom stereocenters. The van der Waals surface area contributed by atoms with Crippen LogP contribution in [0.25, 0.3) is 21.9 Å². The minimum Gasteiger partial charge on any atom is -0.506 e. The number of aromatic amines is 2. The Labute approximate surface area is 183 Å². The van der Waals surface area contributed by atoms with Crippen molar-refractivity contribution in [2.24, 2.45) is 0 Å². The van der Waals surface area contributed by atoms with Crippen molar-refractivity contribution in [3.8, 4) is 11.5 Å². The van der Waals surface area contributed by atoms with E-state index in [1.807, 2.05) is 37.4 Å². The van der Waals surface area contributed by atoms with Crippen molar-refractivity contribution in [1.82, 2.24) is 24.9 Å². The normalized spacial score (nSPS) is 11.2. The number of hydrogen-bond donors (Lipinski definition) is 5. The molecule has 2 aromatic carbocycles. The molecule has 9 nitrogen and oxygen atoms in total. The first kappa shape index (κ1) is 19.7. The van der Waals surface area contributed by atoms with Crippen LogP contribution in [0.3, 0.4) is 0 Å². The molecule has 0 fully saturated rings. The summed E-state index contributed by atoms with van der Waals surface area (Å²) in [5, 5.41) is 17.9. The molecule has 5 rings (SSSR count). The summed E-state index contributed by atoms with van der Waals surface area (Å²) in [5.74, 6) is 2.81. The number of anilines is 3. The van der Waals surface area contributed by atoms with Crippen LogP contribution in [0.1, 0.15) is 11.4 Å². The molecule has 0 bridgehead atoms. The minimum absolute atomic E-state index is 0.104. The van der Waals surface area contributed by atoms with Gasteiger partial charge >= 0.3 is 0 Å². The lowest BCUT2D eigenvalue weighted by Crippen LogP contribution is -2.08. The Hall–Kier alpha value is -4.27. The molecule has 0 aliphatic carbocycles. The molecular formula is C23H23N7O2. The summed E-state index contributed by atoms with van der Waals surface area (Å²) in [4.78, 5) is 19.6. The Kier molecular flexibility index (Phi) is 4.98. The Morgan fingerprint density at radius 2 is 2.00 bits per heavy atom. The molecule has 0 aliphatic rings. The van der Waals surface area contributed by atoms with Crippen LogP contribution in [0, 0.1) is 6.92 Å². The largest absolute Gasteiger partial charge is 0.506 e. The van der Waals surface area contributed by atoms with Gasteiger partial charge in [-0.1, -0.05) is 0 Å². The van der Waals surface area contributed by atoms with Crippen LogP contribution in [0.2, 0.25) is 0 Å². The first-order valence-electron chi connectivity index (χ1n) is 10.3. The highest BCUT2D eigenvalue weighted by Crippen LogP contribution is 2.30. The van der Waals surface area contributed by atoms with Crippen LogP contribution in [0.15, 0.2) is 48.8 Å². The monoisotopic (exact) mass is 429 g/mol. The molecule has 5 N–H and O–H groups in total. The molecule has 0 amide bonds. The van der Waals surface area contributed by atoms with Crippen molar-refractivity contribution in [2.45, 2.75) is 13.3 Å². The zero-order valence-corrected chi connectivity index (χ0v) is 17.7. The number of ether oxygens (including phenoxy) is 1. The molecule has 3 aromatic heterocycles. The molecule has 3 heterocycles. The van der Waals surface area contributed by atoms with Gasteiger partial charge in [0.25, 0.3) is 0 Å². The fraction of sp³-hybridized carbons (Fsp3) is 0.174. The van der Waals surface area contributed by atoms with Crippen molar-refractivity contribution in [2.75, 3.05) is 24.3 Å². The van der Waals surface area contributed by atoms with E-state index in [4.69, 9.17) is 4.74 Å². The molecule has 9 heteroatoms. The van der Waals surface area contributed by atoms with Crippen molar-refractivity contribution >= 4 is 39.4 Å². The van der Waals surface area contributed by atoms with Crippen molar-refractivity contribution in [3.63, 3.8) is 0 Å². The number of methoxy groups -OCH3 is 1. The van der Waals surface area contributed by atoms with Crippen LogP contribution < -0.4 is 15.4 Å². The van der Waals surface area contributed by atoms with Crippen molar-refractivity contribution < 1.29 is 9.84 Å². The van der Waals surface area contributed by atoms with Crippen LogP contribution in [0.4, 0.5) is 17.5 Å². The van der Waals surface area contributed by atoms with Gasteiger partial charge in [-0.25, -0.2) is 9.97 Å². The third kappa shape index (κ3) is 3.87. The molecule has 5 aromatic rings. The summed E-state index contributed by atoms with van der Waals surface area (Å²) < 4.78 is 5.34. The number of benzene rings is 2. The highest BCUT2D eigenvalue weighted by Gasteiger charge is 2.09. The zero-order chi connectivity index (χ0) is 22.1. The highest BCUT2D eigenvalue weighted by atomic mass is 16.5. The number of aromatic nitrogens is 5. The maximum atomic E-state index is 10.3. The lowest BCUT2D eigenvalue weighted by molar-refractivity contribution is 0.415. The molecule has 0 saturated heterocycles. The number of fused-ring (bicyclic) bond motifs is 2. The first-order chi connectivity index (χ1) is 15.6. The minimum atomic E-state index is 0.104. The van der Waals surface area contributed by atoms with Gasteiger partial charge in [-0.3, -0.25) is 0 Å². The molecule has 0 radical (unpaired) electrons. The van der Waals surface area contributed by atoms with Crippen LogP contribution in [-0.2, 0) is 6.42 Å². The lowest BCUT2D eigenvalue weighted by Gasteiger charge is -2.10. The summed E-state index contributed by atoms with van der Waals surface area (Å²) in [6.07, 6.45) is 4.48. The number of rotatable bonds is 7. The van der Waals surface area contributed by atoms with Crippen LogP contribution >= 0.6 is 0 Å². The number of nitrogens with one attached hydrogen (secondary N) is 4. The molecular weight excluding hydrogens is 406 g/mol. The van der Waals surface area contributed by atoms with E-state index in [9.17, 15) is 5.11 Å². The number of aromatic hydroxyl groups is 1. The smallest absolute Gasteiger partial charge is 0.224 e. The van der Waals surface area contributed by atoms with Gasteiger partial charge in [-0.2, -0.15) is 4.98 Å².